The number of anilines is 6. The Morgan fingerprint density at radius 2 is 0.421 bits per heavy atom. The summed E-state index contributed by atoms with van der Waals surface area (Å²) in [4.78, 5) is 4.74. The molecular formula is C120H80N4O2. The molecule has 0 spiro atoms. The van der Waals surface area contributed by atoms with Gasteiger partial charge in [0.2, 0.25) is 0 Å². The molecule has 0 fully saturated rings. The van der Waals surface area contributed by atoms with Gasteiger partial charge in [0.25, 0.3) is 0 Å². The van der Waals surface area contributed by atoms with Gasteiger partial charge in [-0.2, -0.15) is 0 Å². The van der Waals surface area contributed by atoms with E-state index in [1.807, 2.05) is 24.3 Å². The number of para-hydroxylation sites is 12. The third kappa shape index (κ3) is 13.3. The second-order valence-electron chi connectivity index (χ2n) is 32.1. The van der Waals surface area contributed by atoms with Crippen molar-refractivity contribution in [1.82, 2.24) is 9.13 Å². The Bertz CT molecular complexity index is 8080. The molecule has 0 radical (unpaired) electrons. The second kappa shape index (κ2) is 32.0. The number of rotatable bonds is 16. The topological polar surface area (TPSA) is 42.6 Å². The van der Waals surface area contributed by atoms with Gasteiger partial charge in [-0.05, 0) is 165 Å². The van der Waals surface area contributed by atoms with E-state index >= 15 is 0 Å². The van der Waals surface area contributed by atoms with E-state index in [1.54, 1.807) is 0 Å². The zero-order valence-electron chi connectivity index (χ0n) is 68.8. The van der Waals surface area contributed by atoms with Crippen LogP contribution >= 0.6 is 0 Å². The predicted molar refractivity (Wildman–Crippen MR) is 529 cm³/mol. The highest BCUT2D eigenvalue weighted by molar-refractivity contribution is 6.14. The van der Waals surface area contributed by atoms with Crippen molar-refractivity contribution in [2.24, 2.45) is 0 Å². The largest absolute Gasteiger partial charge is 0.455 e. The number of aromatic nitrogens is 2. The Morgan fingerprint density at radius 1 is 0.159 bits per heavy atom. The van der Waals surface area contributed by atoms with Crippen molar-refractivity contribution >= 4 is 122 Å². The summed E-state index contributed by atoms with van der Waals surface area (Å²) < 4.78 is 18.0. The first-order chi connectivity index (χ1) is 62.5. The molecule has 0 bridgehead atoms. The molecule has 126 heavy (non-hydrogen) atoms. The lowest BCUT2D eigenvalue weighted by molar-refractivity contribution is 0.669. The first-order valence-corrected chi connectivity index (χ1v) is 43.0. The molecule has 24 aromatic rings. The molecule has 24 rings (SSSR count). The molecule has 0 aliphatic heterocycles. The Labute approximate surface area is 730 Å². The molecule has 6 heteroatoms. The molecule has 0 aliphatic rings. The first kappa shape index (κ1) is 74.3. The van der Waals surface area contributed by atoms with Crippen LogP contribution in [0.15, 0.2) is 494 Å². The highest BCUT2D eigenvalue weighted by Crippen LogP contribution is 2.49. The number of benzene rings is 20. The van der Waals surface area contributed by atoms with Gasteiger partial charge in [-0.3, -0.25) is 0 Å². The van der Waals surface area contributed by atoms with Crippen LogP contribution in [0.3, 0.4) is 0 Å². The summed E-state index contributed by atoms with van der Waals surface area (Å²) in [6.45, 7) is 0. The molecule has 4 aromatic heterocycles. The van der Waals surface area contributed by atoms with E-state index in [0.717, 1.165) is 128 Å². The summed E-state index contributed by atoms with van der Waals surface area (Å²) in [6.07, 6.45) is 0. The third-order valence-corrected chi connectivity index (χ3v) is 24.9. The van der Waals surface area contributed by atoms with Crippen molar-refractivity contribution in [3.8, 4) is 100 Å². The fraction of sp³-hybridized carbons (Fsp3) is 0. The van der Waals surface area contributed by atoms with Crippen molar-refractivity contribution in [3.05, 3.63) is 485 Å². The zero-order chi connectivity index (χ0) is 83.4. The van der Waals surface area contributed by atoms with Gasteiger partial charge in [0, 0.05) is 99.2 Å². The van der Waals surface area contributed by atoms with E-state index < -0.39 is 0 Å². The van der Waals surface area contributed by atoms with Gasteiger partial charge < -0.3 is 27.8 Å². The van der Waals surface area contributed by atoms with E-state index in [2.05, 4.69) is 480 Å². The molecule has 0 atom stereocenters. The quantitative estimate of drug-likeness (QED) is 0.0967. The van der Waals surface area contributed by atoms with Crippen LogP contribution in [-0.4, -0.2) is 9.13 Å². The first-order valence-electron chi connectivity index (χ1n) is 43.0. The second-order valence-corrected chi connectivity index (χ2v) is 32.1. The van der Waals surface area contributed by atoms with Crippen LogP contribution < -0.4 is 9.80 Å². The molecule has 592 valence electrons. The van der Waals surface area contributed by atoms with Crippen molar-refractivity contribution in [3.63, 3.8) is 0 Å². The summed E-state index contributed by atoms with van der Waals surface area (Å²) in [5.74, 6) is 0. The monoisotopic (exact) mass is 1610 g/mol. The summed E-state index contributed by atoms with van der Waals surface area (Å²) >= 11 is 0. The maximum atomic E-state index is 6.60. The van der Waals surface area contributed by atoms with Gasteiger partial charge in [-0.25, -0.2) is 0 Å². The van der Waals surface area contributed by atoms with Gasteiger partial charge in [-0.15, -0.1) is 0 Å². The van der Waals surface area contributed by atoms with E-state index in [0.29, 0.717) is 0 Å². The van der Waals surface area contributed by atoms with Gasteiger partial charge in [0.05, 0.1) is 44.8 Å². The van der Waals surface area contributed by atoms with Crippen LogP contribution in [-0.2, 0) is 0 Å². The van der Waals surface area contributed by atoms with E-state index in [-0.39, 0.29) is 0 Å². The van der Waals surface area contributed by atoms with Crippen LogP contribution in [0.4, 0.5) is 34.1 Å². The van der Waals surface area contributed by atoms with E-state index in [4.69, 9.17) is 8.83 Å². The van der Waals surface area contributed by atoms with Gasteiger partial charge in [0.1, 0.15) is 22.3 Å². The molecule has 0 aliphatic carbocycles. The SMILES string of the molecule is c1ccc(-c2ccc(N(c3ccc(-c4ccc(-c5ccccc5-n5c6ccccc6c6ccccc65)cc4)cc3)c3ccccc3-c3cccc4c3oc3ccccc34)cc2)cc1.c1ccc(-c2cccc(N(c3ccc(-c4ccc(-c5ccccc5-n5c6ccccc6c6ccccc65)cc4)cc3)c3ccccc3-c3cccc4c3oc3ccccc34)c2)cc1. The fourth-order valence-corrected chi connectivity index (χ4v) is 18.9. The molecule has 4 heterocycles. The van der Waals surface area contributed by atoms with Crippen molar-refractivity contribution in [1.29, 1.82) is 0 Å². The zero-order valence-corrected chi connectivity index (χ0v) is 68.8. The molecule has 0 saturated heterocycles. The Morgan fingerprint density at radius 3 is 0.817 bits per heavy atom. The van der Waals surface area contributed by atoms with Crippen molar-refractivity contribution in [2.75, 3.05) is 9.80 Å². The number of nitrogens with zero attached hydrogens (tertiary/aromatic N) is 4. The summed E-state index contributed by atoms with van der Waals surface area (Å²) in [7, 11) is 0. The fourth-order valence-electron chi connectivity index (χ4n) is 18.9. The van der Waals surface area contributed by atoms with E-state index in [9.17, 15) is 0 Å². The Balaban J connectivity index is 0.000000145. The smallest absolute Gasteiger partial charge is 0.143 e. The predicted octanol–water partition coefficient (Wildman–Crippen LogP) is 33.6. The van der Waals surface area contributed by atoms with Crippen LogP contribution in [0.2, 0.25) is 0 Å². The molecule has 0 saturated carbocycles. The average molecular weight is 1610 g/mol. The summed E-state index contributed by atoms with van der Waals surface area (Å²) in [5.41, 5.74) is 35.5. The molecule has 0 unspecified atom stereocenters. The molecule has 20 aromatic carbocycles. The van der Waals surface area contributed by atoms with Gasteiger partial charge in [0.15, 0.2) is 0 Å². The van der Waals surface area contributed by atoms with E-state index in [1.165, 1.54) is 93.9 Å². The van der Waals surface area contributed by atoms with Crippen molar-refractivity contribution in [2.45, 2.75) is 0 Å². The summed E-state index contributed by atoms with van der Waals surface area (Å²) in [5, 5.41) is 9.51. The molecule has 0 N–H and O–H groups in total. The van der Waals surface area contributed by atoms with Crippen LogP contribution in [0.1, 0.15) is 0 Å². The van der Waals surface area contributed by atoms with Crippen LogP contribution in [0.25, 0.3) is 188 Å². The number of fused-ring (bicyclic) bond motifs is 12. The highest BCUT2D eigenvalue weighted by atomic mass is 16.3. The Kier molecular flexibility index (Phi) is 18.8. The number of hydrogen-bond donors (Lipinski definition) is 0. The number of furan rings is 2. The highest BCUT2D eigenvalue weighted by Gasteiger charge is 2.26. The van der Waals surface area contributed by atoms with Crippen molar-refractivity contribution < 1.29 is 8.83 Å². The lowest BCUT2D eigenvalue weighted by Gasteiger charge is -2.28. The maximum absolute atomic E-state index is 6.60. The molecule has 6 nitrogen and oxygen atoms in total. The molecular weight excluding hydrogens is 1530 g/mol. The Hall–Kier alpha value is -16.8. The minimum Gasteiger partial charge on any atom is -0.455 e. The minimum absolute atomic E-state index is 0.889. The summed E-state index contributed by atoms with van der Waals surface area (Å²) in [6, 6.07) is 174. The maximum Gasteiger partial charge on any atom is 0.143 e. The van der Waals surface area contributed by atoms with Gasteiger partial charge in [-0.1, -0.05) is 376 Å². The standard InChI is InChI=1S/2C60H40N2O/c1-2-16-41(17-3-1)45-18-14-19-47(40-45)61(56-28-10-7-23-51(56)53-25-15-26-54-52-24-8-13-31-59(52)63-60(53)54)46-38-36-43(37-39-46)42-32-34-44(35-33-42)48-20-4-9-27-55(48)62-57-29-11-5-21-49(57)50-22-6-12-30-58(50)62;1-2-15-41(16-3-1)43-33-37-46(38-34-43)61(56-25-10-7-20-51(56)53-22-14-23-54-52-21-8-13-28-59(52)63-60(53)54)47-39-35-44(36-40-47)42-29-31-45(32-30-42)48-17-4-9-24-55(48)62-57-26-11-5-18-49(57)50-19-6-12-27-58(50)62/h2*1-40H. The molecule has 0 amide bonds. The lowest BCUT2D eigenvalue weighted by atomic mass is 9.97. The van der Waals surface area contributed by atoms with Crippen LogP contribution in [0, 0.1) is 0 Å². The third-order valence-electron chi connectivity index (χ3n) is 24.9. The van der Waals surface area contributed by atoms with Gasteiger partial charge >= 0.3 is 0 Å². The number of hydrogen-bond acceptors (Lipinski definition) is 4. The normalized spacial score (nSPS) is 11.5. The minimum atomic E-state index is 0.889. The lowest BCUT2D eigenvalue weighted by Crippen LogP contribution is -2.11. The van der Waals surface area contributed by atoms with Crippen LogP contribution in [0.5, 0.6) is 0 Å². The average Bonchev–Trinajstić information content (AvgIpc) is 1.60.